The van der Waals surface area contributed by atoms with Gasteiger partial charge in [0.2, 0.25) is 5.95 Å². The zero-order valence-electron chi connectivity index (χ0n) is 19.1. The number of nitrogens with one attached hydrogen (secondary N) is 1. The van der Waals surface area contributed by atoms with E-state index in [1.165, 1.54) is 16.0 Å². The van der Waals surface area contributed by atoms with Crippen LogP contribution < -0.4 is 5.32 Å². The summed E-state index contributed by atoms with van der Waals surface area (Å²) >= 11 is 2.00. The molecule has 2 aliphatic rings. The van der Waals surface area contributed by atoms with E-state index in [-0.39, 0.29) is 11.1 Å². The average Bonchev–Trinajstić information content (AvgIpc) is 3.17. The summed E-state index contributed by atoms with van der Waals surface area (Å²) in [5.74, 6) is 0.712. The Kier molecular flexibility index (Phi) is 6.20. The minimum atomic E-state index is -0.0799. The number of anilines is 1. The van der Waals surface area contributed by atoms with Crippen LogP contribution in [0.3, 0.4) is 0 Å². The van der Waals surface area contributed by atoms with Gasteiger partial charge in [0.15, 0.2) is 0 Å². The molecule has 0 bridgehead atoms. The molecule has 2 aromatic rings. The van der Waals surface area contributed by atoms with E-state index in [2.05, 4.69) is 60.9 Å². The lowest BCUT2D eigenvalue weighted by molar-refractivity contribution is -0.112. The highest BCUT2D eigenvalue weighted by atomic mass is 32.1. The largest absolute Gasteiger partial charge is 0.370 e. The van der Waals surface area contributed by atoms with E-state index in [0.717, 1.165) is 51.8 Å². The fourth-order valence-corrected chi connectivity index (χ4v) is 5.81. The Morgan fingerprint density at radius 2 is 2.07 bits per heavy atom. The maximum atomic E-state index is 6.48. The van der Waals surface area contributed by atoms with Gasteiger partial charge in [0.05, 0.1) is 12.2 Å². The van der Waals surface area contributed by atoms with Crippen molar-refractivity contribution in [2.45, 2.75) is 90.4 Å². The molecule has 2 atom stereocenters. The molecule has 0 radical (unpaired) electrons. The van der Waals surface area contributed by atoms with Gasteiger partial charge in [-0.15, -0.1) is 11.3 Å². The molecule has 1 N–H and O–H groups in total. The van der Waals surface area contributed by atoms with Crippen LogP contribution in [0.1, 0.15) is 74.8 Å². The zero-order valence-corrected chi connectivity index (χ0v) is 19.9. The second-order valence-corrected chi connectivity index (χ2v) is 10.8. The van der Waals surface area contributed by atoms with Crippen molar-refractivity contribution in [2.75, 3.05) is 18.5 Å². The number of hydrogen-bond acceptors (Lipinski definition) is 6. The van der Waals surface area contributed by atoms with Crippen LogP contribution in [-0.2, 0) is 29.7 Å². The Balaban J connectivity index is 1.42. The van der Waals surface area contributed by atoms with Crippen molar-refractivity contribution < 1.29 is 4.74 Å². The first kappa shape index (κ1) is 21.7. The minimum absolute atomic E-state index is 0.00929. The van der Waals surface area contributed by atoms with Gasteiger partial charge in [-0.1, -0.05) is 13.8 Å². The van der Waals surface area contributed by atoms with Gasteiger partial charge < -0.3 is 10.1 Å². The molecule has 4 rings (SSSR count). The number of fused-ring (bicyclic) bond motifs is 2. The summed E-state index contributed by atoms with van der Waals surface area (Å²) in [5, 5.41) is 3.41. The predicted octanol–water partition coefficient (Wildman–Crippen LogP) is 5.15. The Morgan fingerprint density at radius 3 is 2.73 bits per heavy atom. The maximum absolute atomic E-state index is 6.48. The molecule has 6 heteroatoms. The molecule has 1 saturated heterocycles. The van der Waals surface area contributed by atoms with Crippen molar-refractivity contribution in [3.8, 4) is 0 Å². The third-order valence-electron chi connectivity index (χ3n) is 6.88. The van der Waals surface area contributed by atoms with E-state index >= 15 is 0 Å². The highest BCUT2D eigenvalue weighted by Gasteiger charge is 2.44. The van der Waals surface area contributed by atoms with E-state index in [9.17, 15) is 0 Å². The molecule has 30 heavy (non-hydrogen) atoms. The topological polar surface area (TPSA) is 50.3 Å². The van der Waals surface area contributed by atoms with Gasteiger partial charge in [0.1, 0.15) is 0 Å². The number of nitrogens with zero attached hydrogens (tertiary/aromatic N) is 3. The summed E-state index contributed by atoms with van der Waals surface area (Å²) < 4.78 is 6.48. The number of aromatic nitrogens is 2. The summed E-state index contributed by atoms with van der Waals surface area (Å²) in [5.41, 5.74) is 2.59. The number of piperidine rings is 1. The van der Waals surface area contributed by atoms with E-state index in [1.807, 2.05) is 23.7 Å². The molecule has 1 fully saturated rings. The Labute approximate surface area is 185 Å². The van der Waals surface area contributed by atoms with Crippen LogP contribution >= 0.6 is 11.3 Å². The minimum Gasteiger partial charge on any atom is -0.370 e. The van der Waals surface area contributed by atoms with Gasteiger partial charge in [-0.05, 0) is 58.1 Å². The summed E-state index contributed by atoms with van der Waals surface area (Å²) in [7, 11) is 0. The van der Waals surface area contributed by atoms with Crippen LogP contribution in [0.25, 0.3) is 0 Å². The van der Waals surface area contributed by atoms with E-state index in [1.54, 1.807) is 4.88 Å². The van der Waals surface area contributed by atoms with Crippen molar-refractivity contribution in [3.63, 3.8) is 0 Å². The second kappa shape index (κ2) is 8.56. The van der Waals surface area contributed by atoms with Crippen molar-refractivity contribution in [1.82, 2.24) is 14.9 Å². The van der Waals surface area contributed by atoms with Gasteiger partial charge in [-0.25, -0.2) is 9.97 Å². The average molecular weight is 429 g/mol. The molecule has 0 aliphatic carbocycles. The molecular formula is C24H36N4OS. The van der Waals surface area contributed by atoms with Gasteiger partial charge >= 0.3 is 0 Å². The summed E-state index contributed by atoms with van der Waals surface area (Å²) in [6.45, 7) is 13.9. The number of thiophene rings is 1. The lowest BCUT2D eigenvalue weighted by Gasteiger charge is -2.47. The second-order valence-electron chi connectivity index (χ2n) is 9.55. The fraction of sp³-hybridized carbons (Fsp3) is 0.667. The van der Waals surface area contributed by atoms with Crippen molar-refractivity contribution in [2.24, 2.45) is 0 Å². The predicted molar refractivity (Wildman–Crippen MR) is 124 cm³/mol. The molecule has 5 nitrogen and oxygen atoms in total. The standard InChI is InChI=1S/C24H36N4OS/c1-6-19-12-20-21(30-19)8-11-29-24(20)9-10-28(17(3)13-24)16-18-14-25-22(26-15-18)27-23(4,5)7-2/h12,14-15,17H,6-11,13,16H2,1-5H3,(H,25,26,27)/t17-,24+/m0/s1. The number of rotatable bonds is 6. The smallest absolute Gasteiger partial charge is 0.223 e. The first-order valence-electron chi connectivity index (χ1n) is 11.4. The normalized spacial score (nSPS) is 24.8. The molecule has 4 heterocycles. The van der Waals surface area contributed by atoms with Gasteiger partial charge in [-0.2, -0.15) is 0 Å². The van der Waals surface area contributed by atoms with Crippen LogP contribution in [0.2, 0.25) is 0 Å². The Hall–Kier alpha value is -1.50. The Morgan fingerprint density at radius 1 is 1.30 bits per heavy atom. The van der Waals surface area contributed by atoms with Gasteiger partial charge in [0.25, 0.3) is 0 Å². The first-order chi connectivity index (χ1) is 14.3. The number of hydrogen-bond donors (Lipinski definition) is 1. The fourth-order valence-electron chi connectivity index (χ4n) is 4.64. The Bertz CT molecular complexity index is 863. The quantitative estimate of drug-likeness (QED) is 0.689. The van der Waals surface area contributed by atoms with E-state index in [0.29, 0.717) is 12.0 Å². The molecule has 0 saturated carbocycles. The van der Waals surface area contributed by atoms with Crippen LogP contribution in [0, 0.1) is 0 Å². The van der Waals surface area contributed by atoms with Crippen LogP contribution in [-0.4, -0.2) is 39.6 Å². The lowest BCUT2D eigenvalue weighted by Crippen LogP contribution is -2.50. The van der Waals surface area contributed by atoms with Crippen LogP contribution in [0.15, 0.2) is 18.5 Å². The number of ether oxygens (including phenoxy) is 1. The van der Waals surface area contributed by atoms with Crippen molar-refractivity contribution >= 4 is 17.3 Å². The highest BCUT2D eigenvalue weighted by molar-refractivity contribution is 7.12. The molecule has 2 aromatic heterocycles. The van der Waals surface area contributed by atoms with Crippen LogP contribution in [0.5, 0.6) is 0 Å². The molecule has 0 aromatic carbocycles. The highest BCUT2D eigenvalue weighted by Crippen LogP contribution is 2.46. The summed E-state index contributed by atoms with van der Waals surface area (Å²) in [4.78, 5) is 14.7. The van der Waals surface area contributed by atoms with Gasteiger partial charge in [0, 0.05) is 58.8 Å². The molecule has 164 valence electrons. The van der Waals surface area contributed by atoms with E-state index in [4.69, 9.17) is 4.74 Å². The van der Waals surface area contributed by atoms with Crippen LogP contribution in [0.4, 0.5) is 5.95 Å². The van der Waals surface area contributed by atoms with E-state index < -0.39 is 0 Å². The molecule has 0 amide bonds. The molecular weight excluding hydrogens is 392 g/mol. The third-order valence-corrected chi connectivity index (χ3v) is 8.22. The molecule has 1 spiro atoms. The first-order valence-corrected chi connectivity index (χ1v) is 12.2. The van der Waals surface area contributed by atoms with Gasteiger partial charge in [-0.3, -0.25) is 4.90 Å². The monoisotopic (exact) mass is 428 g/mol. The zero-order chi connectivity index (χ0) is 21.4. The third kappa shape index (κ3) is 4.41. The molecule has 0 unspecified atom stereocenters. The van der Waals surface area contributed by atoms with Crippen molar-refractivity contribution in [1.29, 1.82) is 0 Å². The number of likely N-dealkylation sites (tertiary alicyclic amines) is 1. The van der Waals surface area contributed by atoms with Crippen molar-refractivity contribution in [3.05, 3.63) is 39.3 Å². The summed E-state index contributed by atoms with van der Waals surface area (Å²) in [6.07, 6.45) is 9.29. The summed E-state index contributed by atoms with van der Waals surface area (Å²) in [6, 6.07) is 2.89. The lowest BCUT2D eigenvalue weighted by atomic mass is 9.79. The SMILES string of the molecule is CCc1cc2c(s1)CCO[C@@]21CCN(Cc2cnc(NC(C)(C)CC)nc2)[C@@H](C)C1. The molecule has 2 aliphatic heterocycles. The number of aryl methyl sites for hydroxylation is 1. The maximum Gasteiger partial charge on any atom is 0.223 e.